The van der Waals surface area contributed by atoms with Gasteiger partial charge < -0.3 is 9.84 Å². The molecule has 0 aliphatic carbocycles. The number of carbonyl (C=O) groups excluding carboxylic acids is 1. The number of phenolic OH excluding ortho intramolecular Hbond substituents is 1. The molecule has 1 amide bonds. The summed E-state index contributed by atoms with van der Waals surface area (Å²) in [5.74, 6) is 0.0253. The Hall–Kier alpha value is -3.85. The van der Waals surface area contributed by atoms with Crippen LogP contribution in [0, 0.1) is 0 Å². The highest BCUT2D eigenvalue weighted by atomic mass is 32.2. The number of rotatable bonds is 7. The van der Waals surface area contributed by atoms with E-state index >= 15 is 0 Å². The summed E-state index contributed by atoms with van der Waals surface area (Å²) in [7, 11) is -2.38. The summed E-state index contributed by atoms with van der Waals surface area (Å²) in [6.45, 7) is 0. The van der Waals surface area contributed by atoms with Crippen LogP contribution in [-0.4, -0.2) is 32.8 Å². The van der Waals surface area contributed by atoms with Gasteiger partial charge in [0.1, 0.15) is 11.5 Å². The lowest BCUT2D eigenvalue weighted by molar-refractivity contribution is 0.0955. The van der Waals surface area contributed by atoms with E-state index in [0.717, 1.165) is 0 Å². The predicted octanol–water partition coefficient (Wildman–Crippen LogP) is 2.97. The Morgan fingerprint density at radius 2 is 1.77 bits per heavy atom. The van der Waals surface area contributed by atoms with Crippen molar-refractivity contribution in [3.8, 4) is 11.5 Å². The lowest BCUT2D eigenvalue weighted by Crippen LogP contribution is -2.19. The van der Waals surface area contributed by atoms with Crippen LogP contribution in [-0.2, 0) is 10.0 Å². The van der Waals surface area contributed by atoms with E-state index in [2.05, 4.69) is 15.2 Å². The first-order chi connectivity index (χ1) is 14.4. The molecule has 0 aliphatic heterocycles. The zero-order valence-electron chi connectivity index (χ0n) is 15.9. The Morgan fingerprint density at radius 1 is 1.03 bits per heavy atom. The van der Waals surface area contributed by atoms with Crippen molar-refractivity contribution in [2.45, 2.75) is 4.90 Å². The number of carbonyl (C=O) groups is 1. The standard InChI is InChI=1S/C21H19N3O5S/c1-29-18-11-9-17(10-12-18)24-30(27,28)19-7-4-6-15(13-19)21(26)23-22-14-16-5-2-3-8-20(16)25/h2-14,24-25H,1H3,(H,23,26). The molecule has 3 aromatic rings. The number of phenols is 1. The van der Waals surface area contributed by atoms with E-state index in [1.54, 1.807) is 42.5 Å². The third-order valence-electron chi connectivity index (χ3n) is 4.06. The third kappa shape index (κ3) is 5.15. The molecule has 0 unspecified atom stereocenters. The molecule has 0 bridgehead atoms. The van der Waals surface area contributed by atoms with Crippen LogP contribution in [0.4, 0.5) is 5.69 Å². The van der Waals surface area contributed by atoms with Gasteiger partial charge in [-0.3, -0.25) is 9.52 Å². The molecule has 0 radical (unpaired) electrons. The number of methoxy groups -OCH3 is 1. The van der Waals surface area contributed by atoms with E-state index in [-0.39, 0.29) is 16.2 Å². The lowest BCUT2D eigenvalue weighted by atomic mass is 10.2. The molecule has 0 saturated carbocycles. The van der Waals surface area contributed by atoms with Crippen molar-refractivity contribution in [2.24, 2.45) is 5.10 Å². The second-order valence-electron chi connectivity index (χ2n) is 6.12. The minimum absolute atomic E-state index is 0.0215. The lowest BCUT2D eigenvalue weighted by Gasteiger charge is -2.10. The largest absolute Gasteiger partial charge is 0.507 e. The van der Waals surface area contributed by atoms with Crippen molar-refractivity contribution >= 4 is 27.8 Å². The highest BCUT2D eigenvalue weighted by molar-refractivity contribution is 7.92. The summed E-state index contributed by atoms with van der Waals surface area (Å²) in [6, 6.07) is 18.5. The van der Waals surface area contributed by atoms with Crippen molar-refractivity contribution < 1.29 is 23.1 Å². The molecule has 8 nitrogen and oxygen atoms in total. The quantitative estimate of drug-likeness (QED) is 0.397. The Kier molecular flexibility index (Phi) is 6.33. The zero-order valence-corrected chi connectivity index (χ0v) is 16.8. The van der Waals surface area contributed by atoms with Gasteiger partial charge in [-0.05, 0) is 54.6 Å². The number of amides is 1. The van der Waals surface area contributed by atoms with Gasteiger partial charge in [-0.25, -0.2) is 13.8 Å². The van der Waals surface area contributed by atoms with Gasteiger partial charge >= 0.3 is 0 Å². The Morgan fingerprint density at radius 3 is 2.47 bits per heavy atom. The van der Waals surface area contributed by atoms with Crippen LogP contribution in [0.2, 0.25) is 0 Å². The first-order valence-corrected chi connectivity index (χ1v) is 10.3. The molecule has 0 spiro atoms. The summed E-state index contributed by atoms with van der Waals surface area (Å²) in [5.41, 5.74) is 3.21. The second-order valence-corrected chi connectivity index (χ2v) is 7.80. The number of aromatic hydroxyl groups is 1. The Balaban J connectivity index is 1.72. The molecule has 3 aromatic carbocycles. The van der Waals surface area contributed by atoms with Crippen LogP contribution in [0.25, 0.3) is 0 Å². The maximum Gasteiger partial charge on any atom is 0.271 e. The van der Waals surface area contributed by atoms with Gasteiger partial charge in [0.15, 0.2) is 0 Å². The topological polar surface area (TPSA) is 117 Å². The highest BCUT2D eigenvalue weighted by Gasteiger charge is 2.16. The molecular formula is C21H19N3O5S. The minimum atomic E-state index is -3.90. The van der Waals surface area contributed by atoms with Crippen molar-refractivity contribution in [1.82, 2.24) is 5.43 Å². The number of hydrogen-bond donors (Lipinski definition) is 3. The monoisotopic (exact) mass is 425 g/mol. The van der Waals surface area contributed by atoms with Crippen LogP contribution in [0.1, 0.15) is 15.9 Å². The first-order valence-electron chi connectivity index (χ1n) is 8.77. The van der Waals surface area contributed by atoms with Crippen LogP contribution in [0.5, 0.6) is 11.5 Å². The summed E-state index contributed by atoms with van der Waals surface area (Å²) >= 11 is 0. The number of hydrazone groups is 1. The van der Waals surface area contributed by atoms with Crippen LogP contribution < -0.4 is 14.9 Å². The van der Waals surface area contributed by atoms with E-state index in [9.17, 15) is 18.3 Å². The van der Waals surface area contributed by atoms with Crippen LogP contribution >= 0.6 is 0 Å². The Labute approximate surface area is 173 Å². The number of ether oxygens (including phenoxy) is 1. The summed E-state index contributed by atoms with van der Waals surface area (Å²) in [6.07, 6.45) is 1.29. The zero-order chi connectivity index (χ0) is 21.6. The number of para-hydroxylation sites is 1. The molecule has 0 heterocycles. The van der Waals surface area contributed by atoms with Gasteiger partial charge in [0.2, 0.25) is 0 Å². The van der Waals surface area contributed by atoms with Gasteiger partial charge in [0.05, 0.1) is 18.2 Å². The molecule has 30 heavy (non-hydrogen) atoms. The fourth-order valence-corrected chi connectivity index (χ4v) is 3.60. The van der Waals surface area contributed by atoms with E-state index in [1.807, 2.05) is 0 Å². The Bertz CT molecular complexity index is 1180. The molecule has 9 heteroatoms. The van der Waals surface area contributed by atoms with Gasteiger partial charge in [0.25, 0.3) is 15.9 Å². The molecule has 0 saturated heterocycles. The number of sulfonamides is 1. The van der Waals surface area contributed by atoms with Crippen LogP contribution in [0.15, 0.2) is 82.8 Å². The average molecular weight is 425 g/mol. The van der Waals surface area contributed by atoms with E-state index in [1.165, 1.54) is 43.7 Å². The van der Waals surface area contributed by atoms with E-state index in [4.69, 9.17) is 4.74 Å². The molecule has 0 aromatic heterocycles. The maximum atomic E-state index is 12.6. The fraction of sp³-hybridized carbons (Fsp3) is 0.0476. The number of nitrogens with one attached hydrogen (secondary N) is 2. The second kappa shape index (κ2) is 9.10. The van der Waals surface area contributed by atoms with E-state index < -0.39 is 15.9 Å². The van der Waals surface area contributed by atoms with Crippen molar-refractivity contribution in [3.05, 3.63) is 83.9 Å². The normalized spacial score (nSPS) is 11.2. The molecular weight excluding hydrogens is 406 g/mol. The number of benzene rings is 3. The summed E-state index contributed by atoms with van der Waals surface area (Å²) < 4.78 is 32.8. The highest BCUT2D eigenvalue weighted by Crippen LogP contribution is 2.20. The number of hydrogen-bond acceptors (Lipinski definition) is 6. The number of anilines is 1. The maximum absolute atomic E-state index is 12.6. The molecule has 0 fully saturated rings. The smallest absolute Gasteiger partial charge is 0.271 e. The van der Waals surface area contributed by atoms with Crippen molar-refractivity contribution in [3.63, 3.8) is 0 Å². The summed E-state index contributed by atoms with van der Waals surface area (Å²) in [4.78, 5) is 12.2. The number of nitrogens with zero attached hydrogens (tertiary/aromatic N) is 1. The molecule has 0 aliphatic rings. The fourth-order valence-electron chi connectivity index (χ4n) is 2.50. The first kappa shape index (κ1) is 20.9. The van der Waals surface area contributed by atoms with Gasteiger partial charge in [-0.15, -0.1) is 0 Å². The SMILES string of the molecule is COc1ccc(NS(=O)(=O)c2cccc(C(=O)NN=Cc3ccccc3O)c2)cc1. The third-order valence-corrected chi connectivity index (χ3v) is 5.43. The van der Waals surface area contributed by atoms with Gasteiger partial charge in [-0.2, -0.15) is 5.10 Å². The molecule has 3 rings (SSSR count). The summed E-state index contributed by atoms with van der Waals surface area (Å²) in [5, 5.41) is 13.5. The van der Waals surface area contributed by atoms with Crippen LogP contribution in [0.3, 0.4) is 0 Å². The molecule has 3 N–H and O–H groups in total. The van der Waals surface area contributed by atoms with Crippen molar-refractivity contribution in [1.29, 1.82) is 0 Å². The average Bonchev–Trinajstić information content (AvgIpc) is 2.75. The van der Waals surface area contributed by atoms with Gasteiger partial charge in [-0.1, -0.05) is 18.2 Å². The molecule has 154 valence electrons. The van der Waals surface area contributed by atoms with Crippen molar-refractivity contribution in [2.75, 3.05) is 11.8 Å². The van der Waals surface area contributed by atoms with Gasteiger partial charge in [0, 0.05) is 16.8 Å². The molecule has 0 atom stereocenters. The van der Waals surface area contributed by atoms with E-state index in [0.29, 0.717) is 17.0 Å². The predicted molar refractivity (Wildman–Crippen MR) is 113 cm³/mol. The minimum Gasteiger partial charge on any atom is -0.507 e.